The summed E-state index contributed by atoms with van der Waals surface area (Å²) in [5, 5.41) is 10.1. The van der Waals surface area contributed by atoms with Gasteiger partial charge in [0.2, 0.25) is 0 Å². The number of hydrogen-bond acceptors (Lipinski definition) is 5. The lowest BCUT2D eigenvalue weighted by molar-refractivity contribution is -0.274. The number of aromatic nitrogens is 3. The number of benzene rings is 2. The third-order valence-corrected chi connectivity index (χ3v) is 7.38. The van der Waals surface area contributed by atoms with Crippen LogP contribution in [0.1, 0.15) is 49.3 Å². The van der Waals surface area contributed by atoms with E-state index >= 15 is 0 Å². The lowest BCUT2D eigenvalue weighted by Gasteiger charge is -2.29. The molecule has 0 aliphatic carbocycles. The largest absolute Gasteiger partial charge is 0.573 e. The number of alkyl halides is 3. The number of halogens is 4. The molecule has 2 heterocycles. The third kappa shape index (κ3) is 7.02. The van der Waals surface area contributed by atoms with Crippen molar-refractivity contribution in [1.29, 1.82) is 0 Å². The molecule has 0 radical (unpaired) electrons. The summed E-state index contributed by atoms with van der Waals surface area (Å²) < 4.78 is 50.2. The number of rotatable bonds is 11. The Morgan fingerprint density at radius 2 is 1.79 bits per heavy atom. The summed E-state index contributed by atoms with van der Waals surface area (Å²) in [7, 11) is 0. The van der Waals surface area contributed by atoms with E-state index in [2.05, 4.69) is 9.72 Å². The Morgan fingerprint density at radius 3 is 2.41 bits per heavy atom. The molecule has 4 rings (SSSR count). The van der Waals surface area contributed by atoms with Crippen LogP contribution in [0.4, 0.5) is 13.2 Å². The minimum atomic E-state index is -4.84. The van der Waals surface area contributed by atoms with Gasteiger partial charge in [0.25, 0.3) is 0 Å². The number of ether oxygens (including phenoxy) is 2. The smallest absolute Gasteiger partial charge is 0.487 e. The summed E-state index contributed by atoms with van der Waals surface area (Å²) in [6.07, 6.45) is -1.00. The van der Waals surface area contributed by atoms with Crippen molar-refractivity contribution >= 4 is 22.6 Å². The number of pyridine rings is 1. The van der Waals surface area contributed by atoms with Crippen LogP contribution in [0.2, 0.25) is 5.02 Å². The van der Waals surface area contributed by atoms with E-state index in [-0.39, 0.29) is 17.0 Å². The molecule has 6 nitrogen and oxygen atoms in total. The summed E-state index contributed by atoms with van der Waals surface area (Å²) in [6, 6.07) is 13.7. The first-order valence-electron chi connectivity index (χ1n) is 12.7. The highest BCUT2D eigenvalue weighted by molar-refractivity contribution is 6.32. The predicted molar refractivity (Wildman–Crippen MR) is 144 cm³/mol. The molecular formula is C29H31ClF3N3O3. The Hall–Kier alpha value is -3.30. The predicted octanol–water partition coefficient (Wildman–Crippen LogP) is 7.26. The molecule has 2 aromatic heterocycles. The van der Waals surface area contributed by atoms with E-state index in [0.717, 1.165) is 41.0 Å². The normalized spacial score (nSPS) is 12.2. The molecule has 39 heavy (non-hydrogen) atoms. The first kappa shape index (κ1) is 28.7. The van der Waals surface area contributed by atoms with Gasteiger partial charge in [-0.2, -0.15) is 0 Å². The van der Waals surface area contributed by atoms with Crippen molar-refractivity contribution in [2.75, 3.05) is 6.61 Å². The van der Waals surface area contributed by atoms with Crippen LogP contribution >= 0.6 is 11.6 Å². The summed E-state index contributed by atoms with van der Waals surface area (Å²) in [5.41, 5.74) is 3.72. The van der Waals surface area contributed by atoms with Gasteiger partial charge in [-0.25, -0.2) is 4.98 Å². The zero-order valence-electron chi connectivity index (χ0n) is 22.1. The molecule has 0 aliphatic heterocycles. The zero-order valence-corrected chi connectivity index (χ0v) is 22.8. The number of aliphatic hydroxyl groups excluding tert-OH is 1. The van der Waals surface area contributed by atoms with E-state index in [9.17, 15) is 18.3 Å². The molecule has 0 fully saturated rings. The molecule has 10 heteroatoms. The van der Waals surface area contributed by atoms with Crippen LogP contribution in [0.3, 0.4) is 0 Å². The van der Waals surface area contributed by atoms with Gasteiger partial charge in [0, 0.05) is 31.8 Å². The molecule has 0 bridgehead atoms. The van der Waals surface area contributed by atoms with Crippen LogP contribution in [-0.2, 0) is 19.6 Å². The number of fused-ring (bicyclic) bond motifs is 1. The quantitative estimate of drug-likeness (QED) is 0.209. The van der Waals surface area contributed by atoms with Gasteiger partial charge in [0.1, 0.15) is 23.9 Å². The molecule has 0 amide bonds. The van der Waals surface area contributed by atoms with Gasteiger partial charge in [-0.05, 0) is 66.6 Å². The molecule has 0 atom stereocenters. The molecule has 0 spiro atoms. The Balaban J connectivity index is 1.70. The number of nitrogens with zero attached hydrogens (tertiary/aromatic N) is 3. The van der Waals surface area contributed by atoms with E-state index in [1.54, 1.807) is 12.3 Å². The van der Waals surface area contributed by atoms with Crippen molar-refractivity contribution in [1.82, 2.24) is 14.5 Å². The van der Waals surface area contributed by atoms with Crippen molar-refractivity contribution in [2.45, 2.75) is 59.5 Å². The first-order valence-corrected chi connectivity index (χ1v) is 13.1. The Labute approximate surface area is 230 Å². The van der Waals surface area contributed by atoms with E-state index < -0.39 is 12.1 Å². The van der Waals surface area contributed by atoms with E-state index in [0.29, 0.717) is 30.9 Å². The van der Waals surface area contributed by atoms with E-state index in [1.807, 2.05) is 55.7 Å². The molecule has 0 aliphatic rings. The number of aryl methyl sites for hydroxylation is 1. The van der Waals surface area contributed by atoms with Gasteiger partial charge < -0.3 is 19.1 Å². The molecule has 4 aromatic rings. The van der Waals surface area contributed by atoms with Gasteiger partial charge in [-0.1, -0.05) is 37.6 Å². The molecule has 208 valence electrons. The van der Waals surface area contributed by atoms with Crippen molar-refractivity contribution in [2.24, 2.45) is 5.41 Å². The van der Waals surface area contributed by atoms with Crippen LogP contribution in [0.25, 0.3) is 11.0 Å². The lowest BCUT2D eigenvalue weighted by atomic mass is 9.80. The van der Waals surface area contributed by atoms with Crippen LogP contribution in [-0.4, -0.2) is 32.6 Å². The molecule has 0 saturated carbocycles. The summed E-state index contributed by atoms with van der Waals surface area (Å²) in [4.78, 5) is 9.25. The number of hydrogen-bond donors (Lipinski definition) is 1. The van der Waals surface area contributed by atoms with E-state index in [1.165, 1.54) is 12.1 Å². The maximum absolute atomic E-state index is 12.7. The van der Waals surface area contributed by atoms with Gasteiger partial charge in [-0.3, -0.25) is 4.98 Å². The molecule has 0 saturated heterocycles. The summed E-state index contributed by atoms with van der Waals surface area (Å²) in [5.74, 6) is 0.927. The molecule has 2 aromatic carbocycles. The van der Waals surface area contributed by atoms with Crippen LogP contribution in [0.5, 0.6) is 11.5 Å². The van der Waals surface area contributed by atoms with Crippen LogP contribution in [0.15, 0.2) is 54.7 Å². The maximum Gasteiger partial charge on any atom is 0.573 e. The van der Waals surface area contributed by atoms with Crippen molar-refractivity contribution in [3.8, 4) is 11.5 Å². The first-order chi connectivity index (χ1) is 18.5. The Bertz CT molecular complexity index is 1410. The van der Waals surface area contributed by atoms with Gasteiger partial charge in [0.05, 0.1) is 21.7 Å². The Kier molecular flexibility index (Phi) is 8.71. The van der Waals surface area contributed by atoms with Gasteiger partial charge in [0.15, 0.2) is 0 Å². The topological polar surface area (TPSA) is 69.4 Å². The second-order valence-electron chi connectivity index (χ2n) is 9.73. The highest BCUT2D eigenvalue weighted by Crippen LogP contribution is 2.34. The second kappa shape index (κ2) is 11.8. The van der Waals surface area contributed by atoms with E-state index in [4.69, 9.17) is 21.3 Å². The van der Waals surface area contributed by atoms with Gasteiger partial charge >= 0.3 is 6.36 Å². The number of imidazole rings is 1. The fourth-order valence-corrected chi connectivity index (χ4v) is 4.68. The average Bonchev–Trinajstić information content (AvgIpc) is 3.23. The Morgan fingerprint density at radius 1 is 1.03 bits per heavy atom. The van der Waals surface area contributed by atoms with Crippen molar-refractivity contribution < 1.29 is 27.8 Å². The zero-order chi connectivity index (χ0) is 28.2. The maximum atomic E-state index is 12.7. The molecule has 1 N–H and O–H groups in total. The second-order valence-corrected chi connectivity index (χ2v) is 10.1. The third-order valence-electron chi connectivity index (χ3n) is 7.09. The summed E-state index contributed by atoms with van der Waals surface area (Å²) >= 11 is 6.13. The standard InChI is InChI=1S/C29H31ClF3N3O3/c1-4-28(5-2,18-37)14-27-35-24-10-9-22(38-17-21-8-6-19(3)15-34-21)13-25(24)36(27)16-20-7-11-26(23(30)12-20)39-29(31,32)33/h6-13,15,37H,4-5,14,16-18H2,1-3H3. The molecule has 0 unspecified atom stereocenters. The fraction of sp³-hybridized carbons (Fsp3) is 0.379. The minimum absolute atomic E-state index is 0.0103. The SMILES string of the molecule is CCC(CC)(CO)Cc1nc2ccc(OCc3ccc(C)cn3)cc2n1Cc1ccc(OC(F)(F)F)c(Cl)c1. The van der Waals surface area contributed by atoms with Crippen LogP contribution < -0.4 is 9.47 Å². The highest BCUT2D eigenvalue weighted by atomic mass is 35.5. The van der Waals surface area contributed by atoms with Crippen LogP contribution in [0, 0.1) is 12.3 Å². The monoisotopic (exact) mass is 561 g/mol. The van der Waals surface area contributed by atoms with Crippen molar-refractivity contribution in [3.63, 3.8) is 0 Å². The average molecular weight is 562 g/mol. The summed E-state index contributed by atoms with van der Waals surface area (Å²) in [6.45, 7) is 6.65. The van der Waals surface area contributed by atoms with Crippen molar-refractivity contribution in [3.05, 3.63) is 82.4 Å². The highest BCUT2D eigenvalue weighted by Gasteiger charge is 2.32. The minimum Gasteiger partial charge on any atom is -0.487 e. The number of aliphatic hydroxyl groups is 1. The molecular weight excluding hydrogens is 531 g/mol. The fourth-order valence-electron chi connectivity index (χ4n) is 4.44. The van der Waals surface area contributed by atoms with Gasteiger partial charge in [-0.15, -0.1) is 13.2 Å². The lowest BCUT2D eigenvalue weighted by Crippen LogP contribution is -2.28.